The van der Waals surface area contributed by atoms with Gasteiger partial charge in [0, 0.05) is 24.8 Å². The Hall–Kier alpha value is -3.15. The van der Waals surface area contributed by atoms with Crippen LogP contribution in [-0.2, 0) is 9.53 Å². The van der Waals surface area contributed by atoms with E-state index in [-0.39, 0.29) is 11.9 Å². The van der Waals surface area contributed by atoms with Crippen molar-refractivity contribution in [3.05, 3.63) is 54.2 Å². The first-order valence-electron chi connectivity index (χ1n) is 7.03. The van der Waals surface area contributed by atoms with E-state index in [0.29, 0.717) is 11.4 Å². The smallest absolute Gasteiger partial charge is 0.337 e. The summed E-state index contributed by atoms with van der Waals surface area (Å²) in [7, 11) is 1.35. The molecule has 0 aliphatic rings. The van der Waals surface area contributed by atoms with Gasteiger partial charge in [0.05, 0.1) is 18.2 Å². The van der Waals surface area contributed by atoms with Crippen molar-refractivity contribution in [1.82, 2.24) is 9.61 Å². The van der Waals surface area contributed by atoms with Crippen LogP contribution in [0.1, 0.15) is 17.3 Å². The number of ether oxygens (including phenoxy) is 1. The molecule has 0 unspecified atom stereocenters. The Bertz CT molecular complexity index is 882. The first-order valence-corrected chi connectivity index (χ1v) is 7.03. The first-order chi connectivity index (χ1) is 11.1. The third-order valence-electron chi connectivity index (χ3n) is 3.42. The van der Waals surface area contributed by atoms with E-state index >= 15 is 0 Å². The zero-order valence-electron chi connectivity index (χ0n) is 12.7. The second kappa shape index (κ2) is 5.92. The number of methoxy groups -OCH3 is 1. The van der Waals surface area contributed by atoms with Gasteiger partial charge >= 0.3 is 5.97 Å². The summed E-state index contributed by atoms with van der Waals surface area (Å²) >= 11 is 0. The van der Waals surface area contributed by atoms with Crippen molar-refractivity contribution in [2.75, 3.05) is 12.4 Å². The van der Waals surface area contributed by atoms with Gasteiger partial charge in [-0.2, -0.15) is 5.10 Å². The SMILES string of the molecule is COC(=O)c1ccc(-c2cccn3nc(NC(C)=O)cc23)cc1. The van der Waals surface area contributed by atoms with Gasteiger partial charge in [0.1, 0.15) is 0 Å². The number of benzene rings is 1. The largest absolute Gasteiger partial charge is 0.465 e. The van der Waals surface area contributed by atoms with E-state index in [9.17, 15) is 9.59 Å². The van der Waals surface area contributed by atoms with Gasteiger partial charge in [-0.1, -0.05) is 18.2 Å². The zero-order valence-corrected chi connectivity index (χ0v) is 12.7. The Morgan fingerprint density at radius 3 is 2.57 bits per heavy atom. The molecule has 0 aliphatic heterocycles. The average molecular weight is 309 g/mol. The third-order valence-corrected chi connectivity index (χ3v) is 3.42. The number of esters is 1. The molecule has 0 atom stereocenters. The number of hydrogen-bond donors (Lipinski definition) is 1. The fourth-order valence-corrected chi connectivity index (χ4v) is 2.40. The van der Waals surface area contributed by atoms with Crippen LogP contribution in [0.15, 0.2) is 48.7 Å². The van der Waals surface area contributed by atoms with E-state index < -0.39 is 0 Å². The fraction of sp³-hybridized carbons (Fsp3) is 0.118. The van der Waals surface area contributed by atoms with Crippen molar-refractivity contribution < 1.29 is 14.3 Å². The number of amides is 1. The average Bonchev–Trinajstić information content (AvgIpc) is 2.95. The lowest BCUT2D eigenvalue weighted by Crippen LogP contribution is -2.06. The topological polar surface area (TPSA) is 72.7 Å². The van der Waals surface area contributed by atoms with E-state index in [1.165, 1.54) is 14.0 Å². The zero-order chi connectivity index (χ0) is 16.4. The molecule has 2 aromatic heterocycles. The highest BCUT2D eigenvalue weighted by atomic mass is 16.5. The Balaban J connectivity index is 2.03. The maximum atomic E-state index is 11.5. The molecule has 0 bridgehead atoms. The molecule has 6 heteroatoms. The lowest BCUT2D eigenvalue weighted by atomic mass is 10.0. The number of carbonyl (C=O) groups is 2. The highest BCUT2D eigenvalue weighted by Gasteiger charge is 2.10. The summed E-state index contributed by atoms with van der Waals surface area (Å²) < 4.78 is 6.40. The highest BCUT2D eigenvalue weighted by Crippen LogP contribution is 2.26. The predicted octanol–water partition coefficient (Wildman–Crippen LogP) is 2.75. The number of fused-ring (bicyclic) bond motifs is 1. The first kappa shape index (κ1) is 14.8. The monoisotopic (exact) mass is 309 g/mol. The van der Waals surface area contributed by atoms with Gasteiger partial charge < -0.3 is 10.1 Å². The Labute approximate surface area is 132 Å². The number of nitrogens with one attached hydrogen (secondary N) is 1. The second-order valence-corrected chi connectivity index (χ2v) is 5.03. The van der Waals surface area contributed by atoms with Crippen LogP contribution in [0.3, 0.4) is 0 Å². The van der Waals surface area contributed by atoms with Gasteiger partial charge in [-0.05, 0) is 23.8 Å². The van der Waals surface area contributed by atoms with Crippen molar-refractivity contribution in [2.45, 2.75) is 6.92 Å². The maximum absolute atomic E-state index is 11.5. The molecule has 0 fully saturated rings. The van der Waals surface area contributed by atoms with Crippen LogP contribution in [0.2, 0.25) is 0 Å². The van der Waals surface area contributed by atoms with Crippen molar-refractivity contribution in [1.29, 1.82) is 0 Å². The standard InChI is InChI=1S/C17H15N3O3/c1-11(21)18-16-10-15-14(4-3-9-20(15)19-16)12-5-7-13(8-6-12)17(22)23-2/h3-10H,1-2H3,(H,18,19,21). The van der Waals surface area contributed by atoms with Gasteiger partial charge in [-0.3, -0.25) is 4.79 Å². The van der Waals surface area contributed by atoms with Gasteiger partial charge in [0.25, 0.3) is 0 Å². The van der Waals surface area contributed by atoms with E-state index in [0.717, 1.165) is 16.6 Å². The van der Waals surface area contributed by atoms with Gasteiger partial charge in [-0.15, -0.1) is 0 Å². The van der Waals surface area contributed by atoms with E-state index in [2.05, 4.69) is 10.4 Å². The molecular formula is C17H15N3O3. The van der Waals surface area contributed by atoms with Crippen LogP contribution in [0, 0.1) is 0 Å². The molecule has 2 heterocycles. The van der Waals surface area contributed by atoms with Crippen LogP contribution < -0.4 is 5.32 Å². The van der Waals surface area contributed by atoms with Crippen molar-refractivity contribution in [3.63, 3.8) is 0 Å². The molecule has 6 nitrogen and oxygen atoms in total. The fourth-order valence-electron chi connectivity index (χ4n) is 2.40. The molecule has 0 radical (unpaired) electrons. The number of carbonyl (C=O) groups excluding carboxylic acids is 2. The van der Waals surface area contributed by atoms with Crippen LogP contribution >= 0.6 is 0 Å². The molecule has 0 saturated heterocycles. The molecule has 23 heavy (non-hydrogen) atoms. The summed E-state index contributed by atoms with van der Waals surface area (Å²) in [5, 5.41) is 6.98. The van der Waals surface area contributed by atoms with Crippen LogP contribution in [-0.4, -0.2) is 28.6 Å². The minimum Gasteiger partial charge on any atom is -0.465 e. The molecular weight excluding hydrogens is 294 g/mol. The molecule has 1 amide bonds. The summed E-state index contributed by atoms with van der Waals surface area (Å²) in [5.41, 5.74) is 3.25. The quantitative estimate of drug-likeness (QED) is 0.755. The maximum Gasteiger partial charge on any atom is 0.337 e. The second-order valence-electron chi connectivity index (χ2n) is 5.03. The minimum atomic E-state index is -0.368. The lowest BCUT2D eigenvalue weighted by Gasteiger charge is -2.05. The molecule has 1 aromatic carbocycles. The van der Waals surface area contributed by atoms with Gasteiger partial charge in [-0.25, -0.2) is 9.31 Å². The number of anilines is 1. The number of hydrogen-bond acceptors (Lipinski definition) is 4. The molecule has 0 spiro atoms. The number of nitrogens with zero attached hydrogens (tertiary/aromatic N) is 2. The number of pyridine rings is 1. The van der Waals surface area contributed by atoms with Crippen LogP contribution in [0.4, 0.5) is 5.82 Å². The van der Waals surface area contributed by atoms with Gasteiger partial charge in [0.2, 0.25) is 5.91 Å². The molecule has 3 rings (SSSR count). The molecule has 3 aromatic rings. The summed E-state index contributed by atoms with van der Waals surface area (Å²) in [4.78, 5) is 22.7. The van der Waals surface area contributed by atoms with E-state index in [4.69, 9.17) is 4.74 Å². The number of rotatable bonds is 3. The van der Waals surface area contributed by atoms with Crippen molar-refractivity contribution >= 4 is 23.2 Å². The molecule has 1 N–H and O–H groups in total. The minimum absolute atomic E-state index is 0.169. The molecule has 0 saturated carbocycles. The summed E-state index contributed by atoms with van der Waals surface area (Å²) in [5.74, 6) is -0.0411. The van der Waals surface area contributed by atoms with Crippen LogP contribution in [0.25, 0.3) is 16.6 Å². The number of aromatic nitrogens is 2. The summed E-state index contributed by atoms with van der Waals surface area (Å²) in [6.07, 6.45) is 1.81. The highest BCUT2D eigenvalue weighted by molar-refractivity contribution is 5.92. The Morgan fingerprint density at radius 1 is 1.17 bits per heavy atom. The normalized spacial score (nSPS) is 10.5. The lowest BCUT2D eigenvalue weighted by molar-refractivity contribution is -0.114. The van der Waals surface area contributed by atoms with Crippen LogP contribution in [0.5, 0.6) is 0 Å². The summed E-state index contributed by atoms with van der Waals surface area (Å²) in [6.45, 7) is 1.44. The van der Waals surface area contributed by atoms with Gasteiger partial charge in [0.15, 0.2) is 5.82 Å². The van der Waals surface area contributed by atoms with E-state index in [1.807, 2.05) is 36.5 Å². The van der Waals surface area contributed by atoms with Crippen molar-refractivity contribution in [3.8, 4) is 11.1 Å². The molecule has 0 aliphatic carbocycles. The van der Waals surface area contributed by atoms with E-state index in [1.54, 1.807) is 16.6 Å². The van der Waals surface area contributed by atoms with Crippen molar-refractivity contribution in [2.24, 2.45) is 0 Å². The third kappa shape index (κ3) is 2.91. The Morgan fingerprint density at radius 2 is 1.91 bits per heavy atom. The predicted molar refractivity (Wildman–Crippen MR) is 86.3 cm³/mol. The summed E-state index contributed by atoms with van der Waals surface area (Å²) in [6, 6.07) is 12.8. The molecule has 116 valence electrons. The Kier molecular flexibility index (Phi) is 3.80.